The zero-order chi connectivity index (χ0) is 23.4. The third-order valence-corrected chi connectivity index (χ3v) is 6.58. The minimum absolute atomic E-state index is 0.199. The van der Waals surface area contributed by atoms with E-state index >= 15 is 0 Å². The van der Waals surface area contributed by atoms with E-state index in [0.717, 1.165) is 62.5 Å². The molecule has 1 aromatic heterocycles. The van der Waals surface area contributed by atoms with Crippen LogP contribution in [0.1, 0.15) is 48.3 Å². The molecule has 2 aromatic carbocycles. The molecule has 0 radical (unpaired) electrons. The van der Waals surface area contributed by atoms with Crippen molar-refractivity contribution in [2.45, 2.75) is 59.4 Å². The van der Waals surface area contributed by atoms with E-state index in [1.807, 2.05) is 19.1 Å². The van der Waals surface area contributed by atoms with Gasteiger partial charge < -0.3 is 5.11 Å². The van der Waals surface area contributed by atoms with Gasteiger partial charge in [-0.3, -0.25) is 9.80 Å². The van der Waals surface area contributed by atoms with Crippen LogP contribution < -0.4 is 0 Å². The summed E-state index contributed by atoms with van der Waals surface area (Å²) in [4.78, 5) is 4.69. The largest absolute Gasteiger partial charge is 0.392 e. The molecule has 3 aromatic rings. The summed E-state index contributed by atoms with van der Waals surface area (Å²) < 4.78 is 15.4. The highest BCUT2D eigenvalue weighted by Gasteiger charge is 2.26. The van der Waals surface area contributed by atoms with Crippen molar-refractivity contribution in [3.63, 3.8) is 0 Å². The third kappa shape index (κ3) is 5.69. The van der Waals surface area contributed by atoms with E-state index in [1.54, 1.807) is 0 Å². The Morgan fingerprint density at radius 3 is 2.48 bits per heavy atom. The molecular formula is C27H35FN4O. The van der Waals surface area contributed by atoms with E-state index in [-0.39, 0.29) is 11.9 Å². The van der Waals surface area contributed by atoms with Gasteiger partial charge in [-0.05, 0) is 49.7 Å². The van der Waals surface area contributed by atoms with Crippen LogP contribution in [-0.2, 0) is 26.1 Å². The topological polar surface area (TPSA) is 44.5 Å². The van der Waals surface area contributed by atoms with Crippen molar-refractivity contribution in [3.05, 3.63) is 82.4 Å². The van der Waals surface area contributed by atoms with Gasteiger partial charge in [-0.15, -0.1) is 0 Å². The Morgan fingerprint density at radius 1 is 1.09 bits per heavy atom. The highest BCUT2D eigenvalue weighted by Crippen LogP contribution is 2.27. The second-order valence-corrected chi connectivity index (χ2v) is 9.10. The van der Waals surface area contributed by atoms with Gasteiger partial charge in [0.15, 0.2) is 0 Å². The van der Waals surface area contributed by atoms with Gasteiger partial charge >= 0.3 is 0 Å². The first-order chi connectivity index (χ1) is 16.0. The molecule has 5 nitrogen and oxygen atoms in total. The maximum Gasteiger partial charge on any atom is 0.123 e. The van der Waals surface area contributed by atoms with Gasteiger partial charge in [0.1, 0.15) is 5.82 Å². The Morgan fingerprint density at radius 2 is 1.82 bits per heavy atom. The summed E-state index contributed by atoms with van der Waals surface area (Å²) in [5, 5.41) is 15.3. The number of hydrogen-bond donors (Lipinski definition) is 1. The number of halogens is 1. The molecule has 2 heterocycles. The fourth-order valence-electron chi connectivity index (χ4n) is 4.50. The molecule has 0 aliphatic carbocycles. The van der Waals surface area contributed by atoms with Crippen molar-refractivity contribution in [3.8, 4) is 5.69 Å². The third-order valence-electron chi connectivity index (χ3n) is 6.58. The Bertz CT molecular complexity index is 1050. The Labute approximate surface area is 196 Å². The summed E-state index contributed by atoms with van der Waals surface area (Å²) in [5.74, 6) is -0.199. The van der Waals surface area contributed by atoms with Crippen LogP contribution in [0.5, 0.6) is 0 Å². The van der Waals surface area contributed by atoms with Gasteiger partial charge in [0.05, 0.1) is 23.2 Å². The summed E-state index contributed by atoms with van der Waals surface area (Å²) in [6.07, 6.45) is 1.34. The molecule has 0 amide bonds. The minimum Gasteiger partial charge on any atom is -0.392 e. The lowest BCUT2D eigenvalue weighted by Gasteiger charge is -2.28. The Hall–Kier alpha value is -2.54. The Balaban J connectivity index is 1.62. The first-order valence-corrected chi connectivity index (χ1v) is 12.0. The van der Waals surface area contributed by atoms with Crippen molar-refractivity contribution in [2.75, 3.05) is 19.6 Å². The fourth-order valence-corrected chi connectivity index (χ4v) is 4.50. The monoisotopic (exact) mass is 450 g/mol. The average molecular weight is 451 g/mol. The standard InChI is InChI=1S/C27H35FN4O/c1-4-24(33)17-30(5-2)19-26-25-18-31(16-21-8-10-22(28)11-9-21)15-14-27(25)32(29-26)23-12-6-20(3)7-13-23/h6-13,24,33H,4-5,14-19H2,1-3H3. The maximum atomic E-state index is 13.3. The normalized spacial score (nSPS) is 15.1. The van der Waals surface area contributed by atoms with Gasteiger partial charge in [-0.2, -0.15) is 5.10 Å². The fraction of sp³-hybridized carbons (Fsp3) is 0.444. The molecule has 1 atom stereocenters. The predicted molar refractivity (Wildman–Crippen MR) is 130 cm³/mol. The lowest BCUT2D eigenvalue weighted by atomic mass is 10.0. The average Bonchev–Trinajstić information content (AvgIpc) is 3.18. The number of aliphatic hydroxyl groups excluding tert-OH is 1. The number of fused-ring (bicyclic) bond motifs is 1. The van der Waals surface area contributed by atoms with Gasteiger partial charge in [0.2, 0.25) is 0 Å². The molecule has 0 saturated heterocycles. The molecule has 176 valence electrons. The molecule has 33 heavy (non-hydrogen) atoms. The molecule has 1 aliphatic heterocycles. The van der Waals surface area contributed by atoms with E-state index in [2.05, 4.69) is 52.6 Å². The lowest BCUT2D eigenvalue weighted by molar-refractivity contribution is 0.107. The van der Waals surface area contributed by atoms with Crippen LogP contribution in [-0.4, -0.2) is 50.4 Å². The molecule has 1 N–H and O–H groups in total. The Kier molecular flexibility index (Phi) is 7.58. The molecule has 6 heteroatoms. The van der Waals surface area contributed by atoms with Crippen LogP contribution in [0.3, 0.4) is 0 Å². The molecule has 1 aliphatic rings. The molecular weight excluding hydrogens is 415 g/mol. The number of hydrogen-bond acceptors (Lipinski definition) is 4. The predicted octanol–water partition coefficient (Wildman–Crippen LogP) is 4.47. The summed E-state index contributed by atoms with van der Waals surface area (Å²) >= 11 is 0. The van der Waals surface area contributed by atoms with Crippen molar-refractivity contribution < 1.29 is 9.50 Å². The number of aliphatic hydroxyl groups is 1. The SMILES string of the molecule is CCC(O)CN(CC)Cc1nn(-c2ccc(C)cc2)c2c1CN(Cc1ccc(F)cc1)CC2. The van der Waals surface area contributed by atoms with E-state index in [9.17, 15) is 9.50 Å². The van der Waals surface area contributed by atoms with Crippen LogP contribution in [0.25, 0.3) is 5.69 Å². The zero-order valence-corrected chi connectivity index (χ0v) is 20.0. The number of rotatable bonds is 9. The quantitative estimate of drug-likeness (QED) is 0.522. The molecule has 0 fully saturated rings. The van der Waals surface area contributed by atoms with Gasteiger partial charge in [-0.1, -0.05) is 43.7 Å². The lowest BCUT2D eigenvalue weighted by Crippen LogP contribution is -2.33. The number of aromatic nitrogens is 2. The van der Waals surface area contributed by atoms with Gasteiger partial charge in [-0.25, -0.2) is 9.07 Å². The van der Waals surface area contributed by atoms with Crippen molar-refractivity contribution >= 4 is 0 Å². The summed E-state index contributed by atoms with van der Waals surface area (Å²) in [7, 11) is 0. The smallest absolute Gasteiger partial charge is 0.123 e. The summed E-state index contributed by atoms with van der Waals surface area (Å²) in [6, 6.07) is 15.3. The number of nitrogens with zero attached hydrogens (tertiary/aromatic N) is 4. The van der Waals surface area contributed by atoms with Crippen LogP contribution in [0.15, 0.2) is 48.5 Å². The van der Waals surface area contributed by atoms with E-state index in [1.165, 1.54) is 29.0 Å². The summed E-state index contributed by atoms with van der Waals surface area (Å²) in [6.45, 7) is 11.0. The van der Waals surface area contributed by atoms with Crippen LogP contribution in [0.2, 0.25) is 0 Å². The molecule has 0 saturated carbocycles. The maximum absolute atomic E-state index is 13.3. The van der Waals surface area contributed by atoms with E-state index in [0.29, 0.717) is 6.54 Å². The van der Waals surface area contributed by atoms with E-state index in [4.69, 9.17) is 5.10 Å². The highest BCUT2D eigenvalue weighted by atomic mass is 19.1. The van der Waals surface area contributed by atoms with Crippen molar-refractivity contribution in [1.82, 2.24) is 19.6 Å². The second-order valence-electron chi connectivity index (χ2n) is 9.10. The van der Waals surface area contributed by atoms with Crippen LogP contribution in [0.4, 0.5) is 4.39 Å². The van der Waals surface area contributed by atoms with E-state index < -0.39 is 0 Å². The van der Waals surface area contributed by atoms with Gasteiger partial charge in [0.25, 0.3) is 0 Å². The van der Waals surface area contributed by atoms with Crippen LogP contribution >= 0.6 is 0 Å². The number of likely N-dealkylation sites (N-methyl/N-ethyl adjacent to an activating group) is 1. The van der Waals surface area contributed by atoms with Gasteiger partial charge in [0, 0.05) is 44.7 Å². The molecule has 0 bridgehead atoms. The first-order valence-electron chi connectivity index (χ1n) is 12.0. The number of aryl methyl sites for hydroxylation is 1. The first kappa shape index (κ1) is 23.6. The van der Waals surface area contributed by atoms with Crippen molar-refractivity contribution in [1.29, 1.82) is 0 Å². The molecule has 0 spiro atoms. The second kappa shape index (κ2) is 10.6. The zero-order valence-electron chi connectivity index (χ0n) is 20.0. The minimum atomic E-state index is -0.324. The highest BCUT2D eigenvalue weighted by molar-refractivity contribution is 5.40. The van der Waals surface area contributed by atoms with Crippen molar-refractivity contribution in [2.24, 2.45) is 0 Å². The van der Waals surface area contributed by atoms with Crippen LogP contribution in [0, 0.1) is 12.7 Å². The molecule has 4 rings (SSSR count). The number of benzene rings is 2. The summed E-state index contributed by atoms with van der Waals surface area (Å²) in [5.41, 5.74) is 7.08. The molecule has 1 unspecified atom stereocenters.